The van der Waals surface area contributed by atoms with Crippen LogP contribution in [0.5, 0.6) is 0 Å². The van der Waals surface area contributed by atoms with Crippen molar-refractivity contribution in [3.63, 3.8) is 0 Å². The molecule has 0 bridgehead atoms. The summed E-state index contributed by atoms with van der Waals surface area (Å²) < 4.78 is 5.05. The molecule has 0 saturated carbocycles. The van der Waals surface area contributed by atoms with E-state index in [2.05, 4.69) is 4.98 Å². The first-order valence-corrected chi connectivity index (χ1v) is 5.60. The molecule has 3 rings (SSSR count). The summed E-state index contributed by atoms with van der Waals surface area (Å²) in [4.78, 5) is 39.2. The Kier molecular flexibility index (Phi) is 1.90. The number of carbonyl (C=O) groups excluding carboxylic acids is 2. The normalized spacial score (nSPS) is 14.4. The number of hydrogen-bond donors (Lipinski definition) is 0. The number of thiophene rings is 1. The number of carbonyl (C=O) groups is 2. The molecule has 0 radical (unpaired) electrons. The molecular weight excluding hydrogens is 242 g/mol. The molecule has 0 atom stereocenters. The van der Waals surface area contributed by atoms with Crippen LogP contribution in [0.3, 0.4) is 0 Å². The third kappa shape index (κ3) is 1.31. The smallest absolute Gasteiger partial charge is 0.357 e. The van der Waals surface area contributed by atoms with Crippen LogP contribution in [0.4, 0.5) is 0 Å². The largest absolute Gasteiger partial charge is 0.408 e. The van der Waals surface area contributed by atoms with Crippen LogP contribution >= 0.6 is 11.3 Å². The van der Waals surface area contributed by atoms with Crippen molar-refractivity contribution in [1.29, 1.82) is 0 Å². The van der Waals surface area contributed by atoms with Gasteiger partial charge in [-0.05, 0) is 12.2 Å². The number of ketones is 2. The lowest BCUT2D eigenvalue weighted by Crippen LogP contribution is -2.09. The summed E-state index contributed by atoms with van der Waals surface area (Å²) in [5.41, 5.74) is -0.0811. The maximum atomic E-state index is 11.7. The van der Waals surface area contributed by atoms with Gasteiger partial charge in [0, 0.05) is 6.92 Å². The van der Waals surface area contributed by atoms with Crippen molar-refractivity contribution in [2.75, 3.05) is 0 Å². The second kappa shape index (κ2) is 3.21. The Morgan fingerprint density at radius 3 is 2.65 bits per heavy atom. The minimum atomic E-state index is -0.562. The van der Waals surface area contributed by atoms with Crippen molar-refractivity contribution in [3.05, 3.63) is 38.9 Å². The first-order chi connectivity index (χ1) is 8.08. The van der Waals surface area contributed by atoms with Gasteiger partial charge in [0.05, 0.1) is 10.4 Å². The molecule has 1 aliphatic rings. The zero-order chi connectivity index (χ0) is 12.2. The fraction of sp³-hybridized carbons (Fsp3) is 0.0909. The number of rotatable bonds is 0. The minimum absolute atomic E-state index is 0.179. The van der Waals surface area contributed by atoms with E-state index in [1.165, 1.54) is 19.1 Å². The average Bonchev–Trinajstić information content (AvgIpc) is 2.64. The van der Waals surface area contributed by atoms with Crippen LogP contribution in [0.25, 0.3) is 10.2 Å². The number of nitrogens with zero attached hydrogens (tertiary/aromatic N) is 1. The van der Waals surface area contributed by atoms with Crippen LogP contribution in [0.1, 0.15) is 25.9 Å². The minimum Gasteiger partial charge on any atom is -0.408 e. The molecule has 0 unspecified atom stereocenters. The molecule has 2 aromatic heterocycles. The predicted octanol–water partition coefficient (Wildman–Crippen LogP) is 1.49. The van der Waals surface area contributed by atoms with Crippen molar-refractivity contribution in [3.8, 4) is 0 Å². The molecule has 2 heterocycles. The van der Waals surface area contributed by atoms with E-state index in [1.54, 1.807) is 0 Å². The van der Waals surface area contributed by atoms with E-state index < -0.39 is 5.63 Å². The summed E-state index contributed by atoms with van der Waals surface area (Å²) in [7, 11) is 0. The molecule has 1 aliphatic carbocycles. The van der Waals surface area contributed by atoms with Gasteiger partial charge in [-0.25, -0.2) is 9.78 Å². The van der Waals surface area contributed by atoms with Crippen LogP contribution in [-0.2, 0) is 0 Å². The molecular formula is C11H5NO4S. The van der Waals surface area contributed by atoms with Gasteiger partial charge >= 0.3 is 5.63 Å². The molecule has 0 spiro atoms. The van der Waals surface area contributed by atoms with Gasteiger partial charge in [0.25, 0.3) is 0 Å². The maximum absolute atomic E-state index is 11.7. The van der Waals surface area contributed by atoms with E-state index in [-0.39, 0.29) is 38.1 Å². The lowest BCUT2D eigenvalue weighted by Gasteiger charge is -2.01. The lowest BCUT2D eigenvalue weighted by molar-refractivity contribution is 0.0998. The molecule has 0 fully saturated rings. The monoisotopic (exact) mass is 247 g/mol. The molecule has 0 amide bonds. The average molecular weight is 247 g/mol. The van der Waals surface area contributed by atoms with Crippen molar-refractivity contribution in [2.45, 2.75) is 6.92 Å². The van der Waals surface area contributed by atoms with E-state index in [0.29, 0.717) is 0 Å². The van der Waals surface area contributed by atoms with Crippen molar-refractivity contribution >= 4 is 33.1 Å². The molecule has 0 saturated heterocycles. The van der Waals surface area contributed by atoms with Gasteiger partial charge in [0.2, 0.25) is 0 Å². The number of aromatic nitrogens is 1. The van der Waals surface area contributed by atoms with Gasteiger partial charge < -0.3 is 4.42 Å². The number of aryl methyl sites for hydroxylation is 1. The fourth-order valence-corrected chi connectivity index (χ4v) is 2.78. The molecule has 2 aromatic rings. The van der Waals surface area contributed by atoms with Gasteiger partial charge in [0.15, 0.2) is 17.5 Å². The first-order valence-electron chi connectivity index (χ1n) is 4.79. The van der Waals surface area contributed by atoms with Crippen LogP contribution in [-0.4, -0.2) is 16.6 Å². The Morgan fingerprint density at radius 1 is 1.18 bits per heavy atom. The molecule has 0 N–H and O–H groups in total. The van der Waals surface area contributed by atoms with Gasteiger partial charge in [-0.3, -0.25) is 9.59 Å². The predicted molar refractivity (Wildman–Crippen MR) is 60.7 cm³/mol. The zero-order valence-electron chi connectivity index (χ0n) is 8.64. The molecule has 17 heavy (non-hydrogen) atoms. The highest BCUT2D eigenvalue weighted by Gasteiger charge is 2.27. The van der Waals surface area contributed by atoms with E-state index in [1.807, 2.05) is 0 Å². The van der Waals surface area contributed by atoms with Crippen LogP contribution in [0, 0.1) is 6.92 Å². The van der Waals surface area contributed by atoms with Gasteiger partial charge in [-0.1, -0.05) is 0 Å². The number of fused-ring (bicyclic) bond motifs is 3. The van der Waals surface area contributed by atoms with Gasteiger partial charge in [-0.15, -0.1) is 11.3 Å². The fourth-order valence-electron chi connectivity index (χ4n) is 1.74. The summed E-state index contributed by atoms with van der Waals surface area (Å²) in [6.45, 7) is 1.52. The first kappa shape index (κ1) is 10.1. The lowest BCUT2D eigenvalue weighted by atomic mass is 10.0. The highest BCUT2D eigenvalue weighted by molar-refractivity contribution is 7.21. The molecule has 6 heteroatoms. The van der Waals surface area contributed by atoms with Crippen molar-refractivity contribution < 1.29 is 14.0 Å². The molecule has 84 valence electrons. The third-order valence-electron chi connectivity index (χ3n) is 2.43. The van der Waals surface area contributed by atoms with E-state index >= 15 is 0 Å². The summed E-state index contributed by atoms with van der Waals surface area (Å²) in [5.74, 6) is -0.402. The molecule has 0 aliphatic heterocycles. The summed E-state index contributed by atoms with van der Waals surface area (Å²) in [5, 5.41) is 0. The third-order valence-corrected chi connectivity index (χ3v) is 3.61. The Hall–Kier alpha value is -2.08. The Labute approximate surface area is 98.4 Å². The second-order valence-electron chi connectivity index (χ2n) is 3.57. The standard InChI is InChI=1S/C11H5NO4S/c1-4-12-8-7-5(13)2-3-6(14)9(7)17-10(8)11(15)16-4/h2-3H,1H3. The Morgan fingerprint density at radius 2 is 1.88 bits per heavy atom. The van der Waals surface area contributed by atoms with Crippen molar-refractivity contribution in [1.82, 2.24) is 4.98 Å². The van der Waals surface area contributed by atoms with Gasteiger partial charge in [-0.2, -0.15) is 0 Å². The Bertz CT molecular complexity index is 766. The SMILES string of the molecule is Cc1nc2c3c(sc2c(=O)o1)C(=O)C=CC3=O. The quantitative estimate of drug-likeness (QED) is 0.704. The van der Waals surface area contributed by atoms with E-state index in [4.69, 9.17) is 4.42 Å². The summed E-state index contributed by atoms with van der Waals surface area (Å²) in [6.07, 6.45) is 2.40. The highest BCUT2D eigenvalue weighted by atomic mass is 32.1. The summed E-state index contributed by atoms with van der Waals surface area (Å²) >= 11 is 0.957. The summed E-state index contributed by atoms with van der Waals surface area (Å²) in [6, 6.07) is 0. The number of allylic oxidation sites excluding steroid dienone is 2. The van der Waals surface area contributed by atoms with Crippen LogP contribution < -0.4 is 5.63 Å². The van der Waals surface area contributed by atoms with E-state index in [0.717, 1.165) is 11.3 Å². The Balaban J connectivity index is 2.53. The van der Waals surface area contributed by atoms with E-state index in [9.17, 15) is 14.4 Å². The highest BCUT2D eigenvalue weighted by Crippen LogP contribution is 2.31. The van der Waals surface area contributed by atoms with Crippen LogP contribution in [0.15, 0.2) is 21.4 Å². The zero-order valence-corrected chi connectivity index (χ0v) is 9.46. The number of hydrogen-bond acceptors (Lipinski definition) is 6. The maximum Gasteiger partial charge on any atom is 0.357 e. The van der Waals surface area contributed by atoms with Gasteiger partial charge in [0.1, 0.15) is 10.2 Å². The topological polar surface area (TPSA) is 77.2 Å². The second-order valence-corrected chi connectivity index (χ2v) is 4.59. The van der Waals surface area contributed by atoms with Crippen molar-refractivity contribution in [2.24, 2.45) is 0 Å². The molecule has 5 nitrogen and oxygen atoms in total. The van der Waals surface area contributed by atoms with Crippen LogP contribution in [0.2, 0.25) is 0 Å². The molecule has 0 aromatic carbocycles.